The Hall–Kier alpha value is -2.00. The molecule has 4 nitrogen and oxygen atoms in total. The van der Waals surface area contributed by atoms with Crippen molar-refractivity contribution in [2.75, 3.05) is 0 Å². The van der Waals surface area contributed by atoms with Gasteiger partial charge < -0.3 is 10.2 Å². The molecule has 0 aliphatic heterocycles. The van der Waals surface area contributed by atoms with Crippen LogP contribution in [-0.2, 0) is 36.5 Å². The zero-order valence-corrected chi connectivity index (χ0v) is 18.6. The molecule has 4 rings (SSSR count). The van der Waals surface area contributed by atoms with Gasteiger partial charge in [-0.3, -0.25) is 9.97 Å². The SMILES string of the molecule is Cc1ccc([O-])c2ncccc12.Cc1ccc([O-])c2ncccc12.[Fe].[Zn]. The second-order valence-corrected chi connectivity index (χ2v) is 5.56. The zero-order chi connectivity index (χ0) is 17.1. The largest absolute Gasteiger partial charge is 0.871 e. The maximum atomic E-state index is 11.3. The van der Waals surface area contributed by atoms with Crippen molar-refractivity contribution in [3.63, 3.8) is 0 Å². The monoisotopic (exact) mass is 436 g/mol. The molecule has 2 aromatic carbocycles. The van der Waals surface area contributed by atoms with Gasteiger partial charge in [0.05, 0.1) is 11.0 Å². The molecule has 0 saturated carbocycles. The maximum absolute atomic E-state index is 11.3. The molecule has 0 saturated heterocycles. The minimum atomic E-state index is -0.00352. The van der Waals surface area contributed by atoms with Gasteiger partial charge in [-0.1, -0.05) is 47.9 Å². The Morgan fingerprint density at radius 1 is 0.654 bits per heavy atom. The normalized spacial score (nSPS) is 9.62. The van der Waals surface area contributed by atoms with Gasteiger partial charge in [0.15, 0.2) is 0 Å². The van der Waals surface area contributed by atoms with Crippen molar-refractivity contribution in [3.8, 4) is 11.5 Å². The molecule has 0 bridgehead atoms. The number of benzene rings is 2. The Labute approximate surface area is 175 Å². The second kappa shape index (κ2) is 9.63. The predicted molar refractivity (Wildman–Crippen MR) is 91.9 cm³/mol. The average molecular weight is 438 g/mol. The van der Waals surface area contributed by atoms with E-state index in [9.17, 15) is 10.2 Å². The van der Waals surface area contributed by atoms with Crippen molar-refractivity contribution in [3.05, 3.63) is 72.1 Å². The Morgan fingerprint density at radius 3 is 1.38 bits per heavy atom. The summed E-state index contributed by atoms with van der Waals surface area (Å²) in [7, 11) is 0. The van der Waals surface area contributed by atoms with Crippen LogP contribution in [0.2, 0.25) is 0 Å². The molecule has 26 heavy (non-hydrogen) atoms. The first-order valence-electron chi connectivity index (χ1n) is 7.60. The standard InChI is InChI=1S/2C10H9NO.Fe.Zn/c2*1-7-4-5-9(12)10-8(7)3-2-6-11-10;;/h2*2-6,12H,1H3;;/p-2. The van der Waals surface area contributed by atoms with E-state index in [0.717, 1.165) is 21.9 Å². The van der Waals surface area contributed by atoms with Crippen molar-refractivity contribution in [2.24, 2.45) is 0 Å². The summed E-state index contributed by atoms with van der Waals surface area (Å²) in [6.45, 7) is 3.95. The molecule has 0 aliphatic rings. The van der Waals surface area contributed by atoms with Crippen LogP contribution in [0.5, 0.6) is 11.5 Å². The molecule has 0 spiro atoms. The van der Waals surface area contributed by atoms with E-state index in [0.29, 0.717) is 11.0 Å². The number of nitrogens with zero attached hydrogens (tertiary/aromatic N) is 2. The van der Waals surface area contributed by atoms with Crippen molar-refractivity contribution in [1.82, 2.24) is 9.97 Å². The first-order chi connectivity index (χ1) is 11.6. The van der Waals surface area contributed by atoms with E-state index >= 15 is 0 Å². The summed E-state index contributed by atoms with van der Waals surface area (Å²) in [4.78, 5) is 8.06. The van der Waals surface area contributed by atoms with E-state index in [1.165, 1.54) is 0 Å². The van der Waals surface area contributed by atoms with Gasteiger partial charge in [0.25, 0.3) is 0 Å². The van der Waals surface area contributed by atoms with E-state index < -0.39 is 0 Å². The number of pyridine rings is 2. The van der Waals surface area contributed by atoms with Gasteiger partial charge in [0.1, 0.15) is 0 Å². The Morgan fingerprint density at radius 2 is 1.04 bits per heavy atom. The maximum Gasteiger partial charge on any atom is 0.0626 e. The summed E-state index contributed by atoms with van der Waals surface area (Å²) in [5, 5.41) is 24.4. The van der Waals surface area contributed by atoms with Gasteiger partial charge in [-0.05, 0) is 37.1 Å². The van der Waals surface area contributed by atoms with Crippen LogP contribution in [-0.4, -0.2) is 9.97 Å². The molecule has 0 aliphatic carbocycles. The van der Waals surface area contributed by atoms with Gasteiger partial charge in [-0.25, -0.2) is 0 Å². The molecular formula is C20H16FeN2O2Zn-2. The second-order valence-electron chi connectivity index (χ2n) is 5.56. The predicted octanol–water partition coefficient (Wildman–Crippen LogP) is 3.23. The third-order valence-corrected chi connectivity index (χ3v) is 3.90. The summed E-state index contributed by atoms with van der Waals surface area (Å²) in [5.74, 6) is -0.00704. The van der Waals surface area contributed by atoms with E-state index in [4.69, 9.17) is 0 Å². The van der Waals surface area contributed by atoms with E-state index in [1.807, 2.05) is 50.2 Å². The summed E-state index contributed by atoms with van der Waals surface area (Å²) in [6, 6.07) is 14.3. The van der Waals surface area contributed by atoms with Crippen LogP contribution >= 0.6 is 0 Å². The van der Waals surface area contributed by atoms with Crippen LogP contribution in [0.15, 0.2) is 60.9 Å². The summed E-state index contributed by atoms with van der Waals surface area (Å²) in [5.41, 5.74) is 3.32. The third-order valence-electron chi connectivity index (χ3n) is 3.90. The Kier molecular flexibility index (Phi) is 8.17. The van der Waals surface area contributed by atoms with Gasteiger partial charge in [0, 0.05) is 59.7 Å². The van der Waals surface area contributed by atoms with Crippen LogP contribution in [0.25, 0.3) is 21.8 Å². The van der Waals surface area contributed by atoms with Crippen LogP contribution in [0.3, 0.4) is 0 Å². The van der Waals surface area contributed by atoms with E-state index in [2.05, 4.69) is 9.97 Å². The van der Waals surface area contributed by atoms with Crippen LogP contribution < -0.4 is 10.2 Å². The minimum Gasteiger partial charge on any atom is -0.871 e. The zero-order valence-electron chi connectivity index (χ0n) is 14.5. The first kappa shape index (κ1) is 22.0. The summed E-state index contributed by atoms with van der Waals surface area (Å²) >= 11 is 0. The van der Waals surface area contributed by atoms with Gasteiger partial charge in [0.2, 0.25) is 0 Å². The van der Waals surface area contributed by atoms with Crippen LogP contribution in [0.4, 0.5) is 0 Å². The average Bonchev–Trinajstić information content (AvgIpc) is 2.63. The number of fused-ring (bicyclic) bond motifs is 2. The molecule has 0 fully saturated rings. The molecule has 6 heteroatoms. The molecule has 130 valence electrons. The molecule has 0 radical (unpaired) electrons. The van der Waals surface area contributed by atoms with E-state index in [1.54, 1.807) is 24.5 Å². The Balaban J connectivity index is 0.000000241. The Bertz CT molecular complexity index is 861. The van der Waals surface area contributed by atoms with Crippen molar-refractivity contribution in [2.45, 2.75) is 13.8 Å². The topological polar surface area (TPSA) is 71.9 Å². The van der Waals surface area contributed by atoms with Crippen molar-refractivity contribution >= 4 is 21.8 Å². The fourth-order valence-corrected chi connectivity index (χ4v) is 2.58. The number of aryl methyl sites for hydroxylation is 2. The van der Waals surface area contributed by atoms with Gasteiger partial charge in [-0.15, -0.1) is 0 Å². The molecule has 2 aromatic heterocycles. The minimum absolute atomic E-state index is 0. The molecule has 0 atom stereocenters. The molecule has 0 unspecified atom stereocenters. The molecule has 0 N–H and O–H groups in total. The quantitative estimate of drug-likeness (QED) is 0.396. The van der Waals surface area contributed by atoms with Gasteiger partial charge in [-0.2, -0.15) is 0 Å². The fourth-order valence-electron chi connectivity index (χ4n) is 2.58. The van der Waals surface area contributed by atoms with Crippen LogP contribution in [0, 0.1) is 13.8 Å². The number of hydrogen-bond acceptors (Lipinski definition) is 4. The number of hydrogen-bond donors (Lipinski definition) is 0. The summed E-state index contributed by atoms with van der Waals surface area (Å²) < 4.78 is 0. The first-order valence-corrected chi connectivity index (χ1v) is 7.60. The fraction of sp³-hybridized carbons (Fsp3) is 0.100. The van der Waals surface area contributed by atoms with E-state index in [-0.39, 0.29) is 48.0 Å². The van der Waals surface area contributed by atoms with Gasteiger partial charge >= 0.3 is 0 Å². The molecule has 2 heterocycles. The number of aromatic nitrogens is 2. The summed E-state index contributed by atoms with van der Waals surface area (Å²) in [6.07, 6.45) is 3.28. The molecule has 4 aromatic rings. The number of rotatable bonds is 0. The van der Waals surface area contributed by atoms with Crippen molar-refractivity contribution in [1.29, 1.82) is 0 Å². The molecule has 0 amide bonds. The van der Waals surface area contributed by atoms with Crippen LogP contribution in [0.1, 0.15) is 11.1 Å². The molecular weight excluding hydrogens is 421 g/mol. The third kappa shape index (κ3) is 4.59. The smallest absolute Gasteiger partial charge is 0.0626 e. The van der Waals surface area contributed by atoms with Crippen molar-refractivity contribution < 1.29 is 46.8 Å².